The smallest absolute Gasteiger partial charge is 0.263 e. The van der Waals surface area contributed by atoms with Crippen LogP contribution in [0, 0.1) is 13.8 Å². The predicted octanol–water partition coefficient (Wildman–Crippen LogP) is 8.58. The van der Waals surface area contributed by atoms with E-state index in [1.54, 1.807) is 52.1 Å². The molecule has 57 heavy (non-hydrogen) atoms. The van der Waals surface area contributed by atoms with Crippen molar-refractivity contribution in [1.82, 2.24) is 29.5 Å². The van der Waals surface area contributed by atoms with E-state index in [0.717, 1.165) is 62.8 Å². The van der Waals surface area contributed by atoms with Crippen LogP contribution in [0.2, 0.25) is 0 Å². The van der Waals surface area contributed by atoms with E-state index in [-0.39, 0.29) is 9.79 Å². The average Bonchev–Trinajstić information content (AvgIpc) is 3.75. The van der Waals surface area contributed by atoms with Crippen LogP contribution < -0.4 is 10.5 Å². The van der Waals surface area contributed by atoms with Crippen LogP contribution in [0.1, 0.15) is 36.4 Å². The van der Waals surface area contributed by atoms with Crippen molar-refractivity contribution >= 4 is 63.2 Å². The highest BCUT2D eigenvalue weighted by Gasteiger charge is 2.19. The van der Waals surface area contributed by atoms with E-state index in [2.05, 4.69) is 24.9 Å². The molecule has 292 valence electrons. The first kappa shape index (κ1) is 40.6. The van der Waals surface area contributed by atoms with E-state index < -0.39 is 19.1 Å². The van der Waals surface area contributed by atoms with Gasteiger partial charge in [0.2, 0.25) is 0 Å². The number of sulfonamides is 1. The molecule has 8 rings (SSSR count). The van der Waals surface area contributed by atoms with Gasteiger partial charge in [0.15, 0.2) is 0 Å². The summed E-state index contributed by atoms with van der Waals surface area (Å²) in [6.45, 7) is 7.79. The molecule has 4 aromatic heterocycles. The second-order valence-corrected chi connectivity index (χ2v) is 17.2. The second-order valence-electron chi connectivity index (χ2n) is 12.9. The maximum atomic E-state index is 12.9. The standard InChI is InChI=1S/C21H20N4O2S.C13H12N4.C8H9ClO2S/c1-3-16-9-11-17(12-10-16)28(26,27)24-21-14-15(2)23-25(21)20-8-4-7-19-18(20)6-5-13-22-19;1-9-8-13(14)17(16-9)12-6-2-5-11-10(12)4-3-7-15-11;1-2-7-3-5-8(6-4-7)12(9,10)11/h4-14,24H,3H2,1-2H3;2-8H,14H2,1H3;3-6H,2H2,1H3. The Morgan fingerprint density at radius 1 is 0.614 bits per heavy atom. The zero-order valence-corrected chi connectivity index (χ0v) is 34.1. The largest absolute Gasteiger partial charge is 0.384 e. The predicted molar refractivity (Wildman–Crippen MR) is 227 cm³/mol. The fraction of sp³-hybridized carbons (Fsp3) is 0.143. The average molecular weight is 821 g/mol. The lowest BCUT2D eigenvalue weighted by atomic mass is 10.2. The Labute approximate surface area is 336 Å². The summed E-state index contributed by atoms with van der Waals surface area (Å²) in [4.78, 5) is 9.06. The zero-order valence-electron chi connectivity index (χ0n) is 31.7. The molecule has 0 aliphatic heterocycles. The number of rotatable bonds is 8. The van der Waals surface area contributed by atoms with Crippen LogP contribution in [-0.4, -0.2) is 46.4 Å². The lowest BCUT2D eigenvalue weighted by Gasteiger charge is -2.12. The maximum Gasteiger partial charge on any atom is 0.263 e. The number of aromatic nitrogens is 6. The van der Waals surface area contributed by atoms with Crippen molar-refractivity contribution in [3.8, 4) is 11.4 Å². The third kappa shape index (κ3) is 9.66. The molecule has 0 atom stereocenters. The van der Waals surface area contributed by atoms with Crippen LogP contribution in [0.4, 0.5) is 11.6 Å². The summed E-state index contributed by atoms with van der Waals surface area (Å²) < 4.78 is 53.4. The van der Waals surface area contributed by atoms with Crippen LogP contribution in [0.15, 0.2) is 144 Å². The molecular weight excluding hydrogens is 780 g/mol. The minimum absolute atomic E-state index is 0.154. The van der Waals surface area contributed by atoms with Gasteiger partial charge in [-0.3, -0.25) is 14.7 Å². The number of hydrogen-bond donors (Lipinski definition) is 2. The van der Waals surface area contributed by atoms with Gasteiger partial charge >= 0.3 is 0 Å². The second kappa shape index (κ2) is 17.4. The minimum atomic E-state index is -3.74. The molecular formula is C42H41ClN8O4S2. The van der Waals surface area contributed by atoms with E-state index in [1.165, 1.54) is 12.1 Å². The molecule has 0 fully saturated rings. The summed E-state index contributed by atoms with van der Waals surface area (Å²) in [5.74, 6) is 1.02. The molecule has 4 heterocycles. The quantitative estimate of drug-likeness (QED) is 0.143. The van der Waals surface area contributed by atoms with E-state index in [1.807, 2.05) is 107 Å². The van der Waals surface area contributed by atoms with E-state index in [0.29, 0.717) is 17.3 Å². The molecule has 0 saturated heterocycles. The van der Waals surface area contributed by atoms with Crippen LogP contribution in [-0.2, 0) is 31.9 Å². The van der Waals surface area contributed by atoms with Crippen LogP contribution in [0.5, 0.6) is 0 Å². The summed E-state index contributed by atoms with van der Waals surface area (Å²) in [6.07, 6.45) is 5.26. The molecule has 0 aliphatic carbocycles. The Hall–Kier alpha value is -6.09. The van der Waals surface area contributed by atoms with E-state index >= 15 is 0 Å². The summed E-state index contributed by atoms with van der Waals surface area (Å²) in [5.41, 5.74) is 13.2. The third-order valence-electron chi connectivity index (χ3n) is 8.89. The summed E-state index contributed by atoms with van der Waals surface area (Å²) in [6, 6.07) is 36.4. The topological polar surface area (TPSA) is 168 Å². The van der Waals surface area contributed by atoms with Crippen molar-refractivity contribution in [2.45, 2.75) is 50.3 Å². The summed E-state index contributed by atoms with van der Waals surface area (Å²) in [7, 11) is -2.16. The number of halogens is 1. The van der Waals surface area contributed by atoms with Gasteiger partial charge in [0.1, 0.15) is 11.6 Å². The highest BCUT2D eigenvalue weighted by molar-refractivity contribution is 8.13. The van der Waals surface area contributed by atoms with Gasteiger partial charge in [-0.05, 0) is 111 Å². The molecule has 0 saturated carbocycles. The number of pyridine rings is 2. The van der Waals surface area contributed by atoms with Gasteiger partial charge < -0.3 is 5.73 Å². The van der Waals surface area contributed by atoms with Gasteiger partial charge in [-0.2, -0.15) is 10.2 Å². The summed E-state index contributed by atoms with van der Waals surface area (Å²) in [5, 5.41) is 10.8. The van der Waals surface area contributed by atoms with E-state index in [9.17, 15) is 16.8 Å². The Balaban J connectivity index is 0.000000160. The monoisotopic (exact) mass is 820 g/mol. The number of anilines is 2. The van der Waals surface area contributed by atoms with Gasteiger partial charge in [-0.25, -0.2) is 26.2 Å². The van der Waals surface area contributed by atoms with Crippen molar-refractivity contribution < 1.29 is 16.8 Å². The van der Waals surface area contributed by atoms with Crippen molar-refractivity contribution in [3.63, 3.8) is 0 Å². The Morgan fingerprint density at radius 3 is 1.56 bits per heavy atom. The van der Waals surface area contributed by atoms with Gasteiger partial charge in [-0.15, -0.1) is 0 Å². The minimum Gasteiger partial charge on any atom is -0.384 e. The number of nitrogens with one attached hydrogen (secondary N) is 1. The van der Waals surface area contributed by atoms with E-state index in [4.69, 9.17) is 16.4 Å². The molecule has 4 aromatic carbocycles. The number of benzene rings is 4. The van der Waals surface area contributed by atoms with Crippen molar-refractivity contribution in [2.75, 3.05) is 10.5 Å². The Morgan fingerprint density at radius 2 is 1.09 bits per heavy atom. The maximum absolute atomic E-state index is 12.9. The van der Waals surface area contributed by atoms with Crippen LogP contribution >= 0.6 is 10.7 Å². The fourth-order valence-electron chi connectivity index (χ4n) is 6.00. The zero-order chi connectivity index (χ0) is 40.7. The molecule has 0 unspecified atom stereocenters. The highest BCUT2D eigenvalue weighted by Crippen LogP contribution is 2.27. The van der Waals surface area contributed by atoms with Gasteiger partial charge in [0.25, 0.3) is 19.1 Å². The number of aryl methyl sites for hydroxylation is 4. The normalized spacial score (nSPS) is 11.4. The first-order valence-electron chi connectivity index (χ1n) is 18.0. The fourth-order valence-corrected chi connectivity index (χ4v) is 7.80. The third-order valence-corrected chi connectivity index (χ3v) is 11.6. The van der Waals surface area contributed by atoms with Crippen molar-refractivity contribution in [3.05, 3.63) is 156 Å². The lowest BCUT2D eigenvalue weighted by Crippen LogP contribution is -2.16. The van der Waals surface area contributed by atoms with Gasteiger partial charge in [0.05, 0.1) is 43.6 Å². The van der Waals surface area contributed by atoms with Crippen LogP contribution in [0.3, 0.4) is 0 Å². The number of fused-ring (bicyclic) bond motifs is 2. The number of hydrogen-bond acceptors (Lipinski definition) is 9. The number of nitrogens with zero attached hydrogens (tertiary/aromatic N) is 6. The molecule has 15 heteroatoms. The molecule has 0 aliphatic rings. The molecule has 8 aromatic rings. The SMILES string of the molecule is CCc1ccc(S(=O)(=O)Cl)cc1.CCc1ccc(S(=O)(=O)Nc2cc(C)nn2-c2cccc3ncccc23)cc1.Cc1cc(N)n(-c2cccc3ncccc23)n1. The molecule has 0 spiro atoms. The lowest BCUT2D eigenvalue weighted by molar-refractivity contribution is 0.600. The molecule has 0 amide bonds. The first-order chi connectivity index (χ1) is 27.3. The highest BCUT2D eigenvalue weighted by atomic mass is 35.7. The van der Waals surface area contributed by atoms with Gasteiger partial charge in [0, 0.05) is 46.0 Å². The Kier molecular flexibility index (Phi) is 12.4. The summed E-state index contributed by atoms with van der Waals surface area (Å²) >= 11 is 0. The number of nitrogens with two attached hydrogens (primary N) is 1. The number of nitrogen functional groups attached to an aromatic ring is 1. The van der Waals surface area contributed by atoms with Crippen LogP contribution in [0.25, 0.3) is 33.2 Å². The molecule has 0 radical (unpaired) electrons. The molecule has 3 N–H and O–H groups in total. The van der Waals surface area contributed by atoms with Crippen molar-refractivity contribution in [1.29, 1.82) is 0 Å². The van der Waals surface area contributed by atoms with Gasteiger partial charge in [-0.1, -0.05) is 50.2 Å². The molecule has 0 bridgehead atoms. The molecule has 12 nitrogen and oxygen atoms in total. The van der Waals surface area contributed by atoms with Crippen molar-refractivity contribution in [2.24, 2.45) is 0 Å². The Bertz CT molecular complexity index is 2870. The first-order valence-corrected chi connectivity index (χ1v) is 21.8.